The molecule has 0 radical (unpaired) electrons. The highest BCUT2D eigenvalue weighted by atomic mass is 35.5. The Balaban J connectivity index is 1.72. The molecule has 0 aliphatic rings. The van der Waals surface area contributed by atoms with Gasteiger partial charge in [0.25, 0.3) is 0 Å². The first-order valence-corrected chi connectivity index (χ1v) is 10.2. The quantitative estimate of drug-likeness (QED) is 0.375. The van der Waals surface area contributed by atoms with Crippen LogP contribution in [0.15, 0.2) is 12.4 Å². The molecular weight excluding hydrogens is 438 g/mol. The van der Waals surface area contributed by atoms with Crippen LogP contribution in [0.4, 0.5) is 11.6 Å². The summed E-state index contributed by atoms with van der Waals surface area (Å²) in [6, 6.07) is 0. The number of hydrogen-bond acceptors (Lipinski definition) is 9. The zero-order valence-electron chi connectivity index (χ0n) is 18.5. The molecule has 3 aromatic rings. The lowest BCUT2D eigenvalue weighted by Crippen LogP contribution is -2.13. The van der Waals surface area contributed by atoms with E-state index in [2.05, 4.69) is 25.3 Å². The summed E-state index contributed by atoms with van der Waals surface area (Å²) in [5.74, 6) is 2.60. The van der Waals surface area contributed by atoms with Gasteiger partial charge in [0.15, 0.2) is 17.3 Å². The van der Waals surface area contributed by atoms with Crippen LogP contribution in [0.2, 0.25) is 5.02 Å². The van der Waals surface area contributed by atoms with Crippen molar-refractivity contribution in [3.63, 3.8) is 0 Å². The highest BCUT2D eigenvalue weighted by Gasteiger charge is 2.19. The summed E-state index contributed by atoms with van der Waals surface area (Å²) in [4.78, 5) is 27.7. The van der Waals surface area contributed by atoms with Crippen molar-refractivity contribution in [1.29, 1.82) is 0 Å². The van der Waals surface area contributed by atoms with Gasteiger partial charge in [0.05, 0.1) is 31.2 Å². The van der Waals surface area contributed by atoms with Crippen LogP contribution >= 0.6 is 11.6 Å². The molecule has 0 saturated heterocycles. The Morgan fingerprint density at radius 2 is 1.94 bits per heavy atom. The standard InChI is InChI=1S/C20H24ClN7O4/c1-11-15(8-24-20-18(21)12(2)25-13(3)26-20)23-9-16(19(11)31-5)32-7-6-27-14(4)22-10-17(27)28(29)30/h9-10H,6-8H2,1-5H3,(H,24,25,26). The van der Waals surface area contributed by atoms with Crippen molar-refractivity contribution >= 4 is 23.2 Å². The minimum absolute atomic E-state index is 0.0809. The molecule has 3 heterocycles. The van der Waals surface area contributed by atoms with Crippen LogP contribution in [0.5, 0.6) is 11.5 Å². The molecular formula is C20H24ClN7O4. The van der Waals surface area contributed by atoms with Crippen LogP contribution in [-0.2, 0) is 13.1 Å². The van der Waals surface area contributed by atoms with E-state index in [1.54, 1.807) is 27.2 Å². The third-order valence-electron chi connectivity index (χ3n) is 4.88. The maximum Gasteiger partial charge on any atom is 0.342 e. The third kappa shape index (κ3) is 4.88. The maximum atomic E-state index is 11.1. The zero-order valence-corrected chi connectivity index (χ0v) is 19.2. The number of halogens is 1. The van der Waals surface area contributed by atoms with Gasteiger partial charge in [0, 0.05) is 12.5 Å². The van der Waals surface area contributed by atoms with Gasteiger partial charge in [-0.3, -0.25) is 4.98 Å². The molecule has 0 spiro atoms. The Morgan fingerprint density at radius 3 is 2.62 bits per heavy atom. The Hall–Kier alpha value is -3.47. The predicted molar refractivity (Wildman–Crippen MR) is 118 cm³/mol. The average molecular weight is 462 g/mol. The SMILES string of the molecule is COc1c(OCCn2c([N+](=O)[O-])cnc2C)cnc(CNc2nc(C)nc(C)c2Cl)c1C. The van der Waals surface area contributed by atoms with E-state index in [9.17, 15) is 10.1 Å². The van der Waals surface area contributed by atoms with E-state index < -0.39 is 4.92 Å². The maximum absolute atomic E-state index is 11.1. The van der Waals surface area contributed by atoms with Gasteiger partial charge in [0.2, 0.25) is 0 Å². The Bertz CT molecular complexity index is 1150. The second-order valence-electron chi connectivity index (χ2n) is 7.02. The van der Waals surface area contributed by atoms with Crippen molar-refractivity contribution in [3.8, 4) is 11.5 Å². The predicted octanol–water partition coefficient (Wildman–Crippen LogP) is 3.56. The van der Waals surface area contributed by atoms with E-state index in [1.165, 1.54) is 10.8 Å². The van der Waals surface area contributed by atoms with Gasteiger partial charge < -0.3 is 24.9 Å². The number of imidazole rings is 1. The molecule has 12 heteroatoms. The fourth-order valence-electron chi connectivity index (χ4n) is 3.25. The number of rotatable bonds is 9. The number of methoxy groups -OCH3 is 1. The van der Waals surface area contributed by atoms with Crippen molar-refractivity contribution in [2.24, 2.45) is 0 Å². The van der Waals surface area contributed by atoms with Crippen LogP contribution in [0.1, 0.15) is 28.6 Å². The van der Waals surface area contributed by atoms with Crippen molar-refractivity contribution in [2.75, 3.05) is 19.0 Å². The van der Waals surface area contributed by atoms with Crippen molar-refractivity contribution < 1.29 is 14.4 Å². The highest BCUT2D eigenvalue weighted by molar-refractivity contribution is 6.33. The number of aryl methyl sites for hydroxylation is 3. The lowest BCUT2D eigenvalue weighted by atomic mass is 10.2. The number of nitrogens with zero attached hydrogens (tertiary/aromatic N) is 6. The molecule has 0 saturated carbocycles. The number of nitrogens with one attached hydrogen (secondary N) is 1. The van der Waals surface area contributed by atoms with Gasteiger partial charge in [0.1, 0.15) is 36.0 Å². The lowest BCUT2D eigenvalue weighted by molar-refractivity contribution is -0.392. The van der Waals surface area contributed by atoms with Gasteiger partial charge >= 0.3 is 5.82 Å². The molecule has 0 atom stereocenters. The normalized spacial score (nSPS) is 10.8. The van der Waals surface area contributed by atoms with Crippen LogP contribution in [0, 0.1) is 37.8 Å². The number of ether oxygens (including phenoxy) is 2. The fourth-order valence-corrected chi connectivity index (χ4v) is 3.40. The van der Waals surface area contributed by atoms with Crippen LogP contribution < -0.4 is 14.8 Å². The molecule has 0 fully saturated rings. The van der Waals surface area contributed by atoms with Gasteiger partial charge in [-0.05, 0) is 25.7 Å². The molecule has 3 rings (SSSR count). The van der Waals surface area contributed by atoms with E-state index in [-0.39, 0.29) is 19.0 Å². The molecule has 3 aromatic heterocycles. The second-order valence-corrected chi connectivity index (χ2v) is 7.40. The molecule has 1 N–H and O–H groups in total. The molecule has 0 aliphatic carbocycles. The molecule has 0 bridgehead atoms. The van der Waals surface area contributed by atoms with Crippen molar-refractivity contribution in [1.82, 2.24) is 24.5 Å². The lowest BCUT2D eigenvalue weighted by Gasteiger charge is -2.16. The number of anilines is 1. The van der Waals surface area contributed by atoms with Crippen molar-refractivity contribution in [3.05, 3.63) is 56.1 Å². The fraction of sp³-hybridized carbons (Fsp3) is 0.400. The largest absolute Gasteiger partial charge is 0.492 e. The molecule has 32 heavy (non-hydrogen) atoms. The molecule has 170 valence electrons. The van der Waals surface area contributed by atoms with E-state index in [0.29, 0.717) is 46.2 Å². The van der Waals surface area contributed by atoms with Crippen LogP contribution in [-0.4, -0.2) is 43.1 Å². The summed E-state index contributed by atoms with van der Waals surface area (Å²) < 4.78 is 12.8. The van der Waals surface area contributed by atoms with E-state index in [4.69, 9.17) is 21.1 Å². The van der Waals surface area contributed by atoms with Crippen LogP contribution in [0.25, 0.3) is 0 Å². The first-order valence-electron chi connectivity index (χ1n) is 9.79. The monoisotopic (exact) mass is 461 g/mol. The Kier molecular flexibility index (Phi) is 7.08. The van der Waals surface area contributed by atoms with Gasteiger partial charge in [-0.25, -0.2) is 19.5 Å². The minimum atomic E-state index is -0.471. The molecule has 0 unspecified atom stereocenters. The van der Waals surface area contributed by atoms with Gasteiger partial charge in [-0.1, -0.05) is 11.6 Å². The summed E-state index contributed by atoms with van der Waals surface area (Å²) in [6.07, 6.45) is 2.80. The molecule has 0 amide bonds. The first-order chi connectivity index (χ1) is 15.2. The number of hydrogen-bond donors (Lipinski definition) is 1. The number of pyridine rings is 1. The summed E-state index contributed by atoms with van der Waals surface area (Å²) in [7, 11) is 1.55. The van der Waals surface area contributed by atoms with E-state index in [0.717, 1.165) is 11.3 Å². The summed E-state index contributed by atoms with van der Waals surface area (Å²) in [5.41, 5.74) is 2.22. The first kappa shape index (κ1) is 23.2. The smallest absolute Gasteiger partial charge is 0.342 e. The summed E-state index contributed by atoms with van der Waals surface area (Å²) >= 11 is 6.30. The third-order valence-corrected chi connectivity index (χ3v) is 5.34. The minimum Gasteiger partial charge on any atom is -0.492 e. The van der Waals surface area contributed by atoms with Gasteiger partial charge in [-0.15, -0.1) is 0 Å². The summed E-state index contributed by atoms with van der Waals surface area (Å²) in [5, 5.41) is 14.8. The van der Waals surface area contributed by atoms with E-state index in [1.807, 2.05) is 13.8 Å². The summed E-state index contributed by atoms with van der Waals surface area (Å²) in [6.45, 7) is 8.01. The highest BCUT2D eigenvalue weighted by Crippen LogP contribution is 2.32. The van der Waals surface area contributed by atoms with E-state index >= 15 is 0 Å². The Morgan fingerprint density at radius 1 is 1.19 bits per heavy atom. The molecule has 0 aliphatic heterocycles. The number of aromatic nitrogens is 5. The van der Waals surface area contributed by atoms with Gasteiger partial charge in [-0.2, -0.15) is 0 Å². The molecule has 0 aromatic carbocycles. The second kappa shape index (κ2) is 9.77. The topological polar surface area (TPSA) is 130 Å². The zero-order chi connectivity index (χ0) is 23.4. The van der Waals surface area contributed by atoms with Crippen LogP contribution in [0.3, 0.4) is 0 Å². The molecule has 11 nitrogen and oxygen atoms in total. The Labute approximate surface area is 189 Å². The number of nitro groups is 1. The van der Waals surface area contributed by atoms with Crippen molar-refractivity contribution in [2.45, 2.75) is 40.8 Å². The average Bonchev–Trinajstić information content (AvgIpc) is 3.11.